The Morgan fingerprint density at radius 2 is 1.96 bits per heavy atom. The lowest BCUT2D eigenvalue weighted by molar-refractivity contribution is 0.0240. The van der Waals surface area contributed by atoms with E-state index in [-0.39, 0.29) is 11.8 Å². The number of amides is 1. The van der Waals surface area contributed by atoms with Crippen LogP contribution in [0.1, 0.15) is 20.8 Å². The van der Waals surface area contributed by atoms with E-state index in [1.54, 1.807) is 17.0 Å². The molecule has 124 valence electrons. The third kappa shape index (κ3) is 3.50. The van der Waals surface area contributed by atoms with E-state index in [0.717, 1.165) is 15.3 Å². The number of hydrogen-bond donors (Lipinski definition) is 1. The first-order valence-electron chi connectivity index (χ1n) is 7.65. The van der Waals surface area contributed by atoms with Gasteiger partial charge in [-0.05, 0) is 32.9 Å². The standard InChI is InChI=1S/C16H21N3O3S/c1-16(2,3)22-15(21)19-9-7-18(8-10-19)14-17-11-5-4-6-12(20)13(11)23-14/h4-6,20H,7-10H2,1-3H3. The molecule has 0 radical (unpaired) electrons. The summed E-state index contributed by atoms with van der Waals surface area (Å²) in [7, 11) is 0. The topological polar surface area (TPSA) is 65.9 Å². The number of aromatic nitrogens is 1. The van der Waals surface area contributed by atoms with Crippen LogP contribution < -0.4 is 4.90 Å². The number of carbonyl (C=O) groups is 1. The predicted octanol–water partition coefficient (Wildman–Crippen LogP) is 3.06. The molecule has 1 aromatic heterocycles. The summed E-state index contributed by atoms with van der Waals surface area (Å²) in [6.45, 7) is 8.24. The zero-order valence-electron chi connectivity index (χ0n) is 13.6. The molecule has 1 aromatic carbocycles. The Bertz CT molecular complexity index is 715. The van der Waals surface area contributed by atoms with E-state index in [9.17, 15) is 9.90 Å². The SMILES string of the molecule is CC(C)(C)OC(=O)N1CCN(c2nc3cccc(O)c3s2)CC1. The van der Waals surface area contributed by atoms with Gasteiger partial charge >= 0.3 is 6.09 Å². The van der Waals surface area contributed by atoms with Crippen LogP contribution in [-0.4, -0.2) is 52.9 Å². The number of rotatable bonds is 1. The lowest BCUT2D eigenvalue weighted by Gasteiger charge is -2.35. The minimum absolute atomic E-state index is 0.263. The quantitative estimate of drug-likeness (QED) is 0.867. The van der Waals surface area contributed by atoms with E-state index in [2.05, 4.69) is 9.88 Å². The molecular weight excluding hydrogens is 314 g/mol. The Hall–Kier alpha value is -2.02. The molecule has 1 amide bonds. The van der Waals surface area contributed by atoms with E-state index >= 15 is 0 Å². The Labute approximate surface area is 139 Å². The first-order chi connectivity index (χ1) is 10.8. The molecule has 23 heavy (non-hydrogen) atoms. The maximum absolute atomic E-state index is 12.1. The molecule has 1 N–H and O–H groups in total. The predicted molar refractivity (Wildman–Crippen MR) is 91.3 cm³/mol. The Morgan fingerprint density at radius 1 is 1.26 bits per heavy atom. The average Bonchev–Trinajstić information content (AvgIpc) is 2.91. The minimum Gasteiger partial charge on any atom is -0.506 e. The van der Waals surface area contributed by atoms with Crippen molar-refractivity contribution in [3.05, 3.63) is 18.2 Å². The van der Waals surface area contributed by atoms with Crippen LogP contribution in [0.15, 0.2) is 18.2 Å². The summed E-state index contributed by atoms with van der Waals surface area (Å²) < 4.78 is 6.21. The van der Waals surface area contributed by atoms with Crippen LogP contribution in [-0.2, 0) is 4.74 Å². The molecular formula is C16H21N3O3S. The second-order valence-corrected chi connectivity index (χ2v) is 7.55. The van der Waals surface area contributed by atoms with Gasteiger partial charge in [0.05, 0.1) is 10.2 Å². The third-order valence-electron chi connectivity index (χ3n) is 3.58. The number of phenolic OH excluding ortho intramolecular Hbond substituents is 1. The first-order valence-corrected chi connectivity index (χ1v) is 8.46. The third-order valence-corrected chi connectivity index (χ3v) is 4.74. The molecule has 1 saturated heterocycles. The maximum Gasteiger partial charge on any atom is 0.410 e. The summed E-state index contributed by atoms with van der Waals surface area (Å²) in [5, 5.41) is 10.8. The largest absolute Gasteiger partial charge is 0.506 e. The van der Waals surface area contributed by atoms with Crippen LogP contribution in [0.2, 0.25) is 0 Å². The molecule has 0 spiro atoms. The number of benzene rings is 1. The molecule has 7 heteroatoms. The maximum atomic E-state index is 12.1. The van der Waals surface area contributed by atoms with Gasteiger partial charge < -0.3 is 19.6 Å². The molecule has 0 saturated carbocycles. The van der Waals surface area contributed by atoms with Crippen molar-refractivity contribution in [2.75, 3.05) is 31.1 Å². The highest BCUT2D eigenvalue weighted by atomic mass is 32.1. The van der Waals surface area contributed by atoms with Gasteiger partial charge in [-0.15, -0.1) is 0 Å². The van der Waals surface area contributed by atoms with Gasteiger partial charge in [0.1, 0.15) is 11.4 Å². The monoisotopic (exact) mass is 335 g/mol. The fraction of sp³-hybridized carbons (Fsp3) is 0.500. The Kier molecular flexibility index (Phi) is 4.06. The van der Waals surface area contributed by atoms with Gasteiger partial charge in [-0.3, -0.25) is 0 Å². The summed E-state index contributed by atoms with van der Waals surface area (Å²) in [6, 6.07) is 5.36. The van der Waals surface area contributed by atoms with Crippen molar-refractivity contribution in [2.24, 2.45) is 0 Å². The van der Waals surface area contributed by atoms with Gasteiger partial charge in [-0.25, -0.2) is 9.78 Å². The van der Waals surface area contributed by atoms with Crippen molar-refractivity contribution in [1.82, 2.24) is 9.88 Å². The lowest BCUT2D eigenvalue weighted by atomic mass is 10.2. The van der Waals surface area contributed by atoms with Crippen LogP contribution in [0.5, 0.6) is 5.75 Å². The van der Waals surface area contributed by atoms with Crippen molar-refractivity contribution in [1.29, 1.82) is 0 Å². The summed E-state index contributed by atoms with van der Waals surface area (Å²) in [5.41, 5.74) is 0.332. The summed E-state index contributed by atoms with van der Waals surface area (Å²) in [6.07, 6.45) is -0.265. The molecule has 6 nitrogen and oxygen atoms in total. The fourth-order valence-electron chi connectivity index (χ4n) is 2.46. The van der Waals surface area contributed by atoms with Gasteiger partial charge in [0.2, 0.25) is 0 Å². The molecule has 1 aliphatic rings. The van der Waals surface area contributed by atoms with Gasteiger partial charge in [0.25, 0.3) is 0 Å². The highest BCUT2D eigenvalue weighted by Crippen LogP contribution is 2.34. The lowest BCUT2D eigenvalue weighted by Crippen LogP contribution is -2.50. The molecule has 2 aromatic rings. The highest BCUT2D eigenvalue weighted by Gasteiger charge is 2.27. The molecule has 0 atom stereocenters. The van der Waals surface area contributed by atoms with Gasteiger partial charge in [-0.2, -0.15) is 0 Å². The normalized spacial score (nSPS) is 16.0. The number of carbonyl (C=O) groups excluding carboxylic acids is 1. The minimum atomic E-state index is -0.473. The highest BCUT2D eigenvalue weighted by molar-refractivity contribution is 7.22. The second kappa shape index (κ2) is 5.88. The van der Waals surface area contributed by atoms with Crippen LogP contribution in [0.3, 0.4) is 0 Å². The molecule has 1 aliphatic heterocycles. The van der Waals surface area contributed by atoms with Crippen molar-refractivity contribution in [3.8, 4) is 5.75 Å². The summed E-state index contributed by atoms with van der Waals surface area (Å²) in [4.78, 5) is 20.5. The van der Waals surface area contributed by atoms with Crippen LogP contribution in [0, 0.1) is 0 Å². The molecule has 1 fully saturated rings. The fourth-order valence-corrected chi connectivity index (χ4v) is 3.49. The first kappa shape index (κ1) is 15.9. The van der Waals surface area contributed by atoms with E-state index in [0.29, 0.717) is 26.2 Å². The van der Waals surface area contributed by atoms with E-state index < -0.39 is 5.60 Å². The van der Waals surface area contributed by atoms with Gasteiger partial charge in [-0.1, -0.05) is 17.4 Å². The number of fused-ring (bicyclic) bond motifs is 1. The number of thiazole rings is 1. The summed E-state index contributed by atoms with van der Waals surface area (Å²) in [5.74, 6) is 0.263. The zero-order valence-corrected chi connectivity index (χ0v) is 14.4. The number of phenols is 1. The van der Waals surface area contributed by atoms with Crippen molar-refractivity contribution in [3.63, 3.8) is 0 Å². The second-order valence-electron chi connectivity index (χ2n) is 6.58. The number of ether oxygens (including phenoxy) is 1. The summed E-state index contributed by atoms with van der Waals surface area (Å²) >= 11 is 1.48. The number of hydrogen-bond acceptors (Lipinski definition) is 6. The van der Waals surface area contributed by atoms with Crippen molar-refractivity contribution >= 4 is 32.8 Å². The number of aromatic hydroxyl groups is 1. The zero-order chi connectivity index (χ0) is 16.6. The van der Waals surface area contributed by atoms with E-state index in [1.165, 1.54) is 11.3 Å². The van der Waals surface area contributed by atoms with Crippen LogP contribution in [0.4, 0.5) is 9.93 Å². The molecule has 0 bridgehead atoms. The number of nitrogens with zero attached hydrogens (tertiary/aromatic N) is 3. The smallest absolute Gasteiger partial charge is 0.410 e. The van der Waals surface area contributed by atoms with Crippen molar-refractivity contribution in [2.45, 2.75) is 26.4 Å². The van der Waals surface area contributed by atoms with E-state index in [1.807, 2.05) is 26.8 Å². The van der Waals surface area contributed by atoms with Crippen LogP contribution >= 0.6 is 11.3 Å². The molecule has 3 rings (SSSR count). The van der Waals surface area contributed by atoms with Crippen molar-refractivity contribution < 1.29 is 14.6 Å². The Morgan fingerprint density at radius 3 is 2.57 bits per heavy atom. The average molecular weight is 335 g/mol. The molecule has 2 heterocycles. The van der Waals surface area contributed by atoms with Gasteiger partial charge in [0, 0.05) is 26.2 Å². The molecule has 0 aliphatic carbocycles. The number of piperazine rings is 1. The van der Waals surface area contributed by atoms with Gasteiger partial charge in [0.15, 0.2) is 5.13 Å². The number of anilines is 1. The Balaban J connectivity index is 1.66. The van der Waals surface area contributed by atoms with Crippen LogP contribution in [0.25, 0.3) is 10.2 Å². The van der Waals surface area contributed by atoms with E-state index in [4.69, 9.17) is 4.74 Å². The molecule has 0 unspecified atom stereocenters.